The number of aliphatic hydroxyl groups excluding tert-OH is 1. The second kappa shape index (κ2) is 3.52. The molecule has 0 bridgehead atoms. The highest BCUT2D eigenvalue weighted by atomic mass is 16.6. The summed E-state index contributed by atoms with van der Waals surface area (Å²) in [5.74, 6) is -0.0449. The minimum absolute atomic E-state index is 0.0449. The molecule has 3 atom stereocenters. The van der Waals surface area contributed by atoms with Crippen molar-refractivity contribution in [3.8, 4) is 0 Å². The molecule has 74 valence electrons. The molecule has 2 rings (SSSR count). The van der Waals surface area contributed by atoms with Crippen LogP contribution in [0.15, 0.2) is 30.3 Å². The van der Waals surface area contributed by atoms with E-state index in [0.717, 1.165) is 0 Å². The lowest BCUT2D eigenvalue weighted by Gasteiger charge is -1.97. The zero-order chi connectivity index (χ0) is 10.1. The molecule has 1 aliphatic heterocycles. The molecule has 1 aromatic rings. The molecule has 1 saturated heterocycles. The molecular weight excluding hydrogens is 180 g/mol. The molecule has 1 N–H and O–H groups in total. The predicted molar refractivity (Wildman–Crippen MR) is 51.1 cm³/mol. The molecule has 0 radical (unpaired) electrons. The summed E-state index contributed by atoms with van der Waals surface area (Å²) in [6.07, 6.45) is -1.34. The lowest BCUT2D eigenvalue weighted by Crippen LogP contribution is -2.17. The maximum atomic E-state index is 11.7. The monoisotopic (exact) mass is 192 g/mol. The van der Waals surface area contributed by atoms with Crippen LogP contribution in [0.3, 0.4) is 0 Å². The van der Waals surface area contributed by atoms with Gasteiger partial charge in [-0.2, -0.15) is 0 Å². The quantitative estimate of drug-likeness (QED) is 0.574. The van der Waals surface area contributed by atoms with Crippen LogP contribution < -0.4 is 0 Å². The van der Waals surface area contributed by atoms with Crippen LogP contribution in [-0.2, 0) is 4.74 Å². The molecule has 0 aromatic heterocycles. The van der Waals surface area contributed by atoms with Crippen LogP contribution >= 0.6 is 0 Å². The lowest BCUT2D eigenvalue weighted by atomic mass is 10.1. The molecule has 0 spiro atoms. The van der Waals surface area contributed by atoms with Gasteiger partial charge in [0.05, 0.1) is 6.10 Å². The largest absolute Gasteiger partial charge is 0.391 e. The first kappa shape index (κ1) is 9.37. The molecule has 1 aromatic carbocycles. The van der Waals surface area contributed by atoms with E-state index in [1.807, 2.05) is 18.2 Å². The van der Waals surface area contributed by atoms with Gasteiger partial charge in [0.15, 0.2) is 5.78 Å². The van der Waals surface area contributed by atoms with Crippen molar-refractivity contribution >= 4 is 5.78 Å². The number of ether oxygens (including phenoxy) is 1. The first-order valence-electron chi connectivity index (χ1n) is 4.63. The Morgan fingerprint density at radius 3 is 2.57 bits per heavy atom. The van der Waals surface area contributed by atoms with Crippen molar-refractivity contribution < 1.29 is 14.6 Å². The molecule has 1 aliphatic rings. The Bertz CT molecular complexity index is 332. The molecule has 1 fully saturated rings. The average Bonchev–Trinajstić information content (AvgIpc) is 2.97. The zero-order valence-corrected chi connectivity index (χ0v) is 7.88. The molecule has 1 heterocycles. The van der Waals surface area contributed by atoms with Gasteiger partial charge in [0, 0.05) is 5.56 Å². The van der Waals surface area contributed by atoms with Gasteiger partial charge in [-0.25, -0.2) is 0 Å². The molecule has 14 heavy (non-hydrogen) atoms. The van der Waals surface area contributed by atoms with Gasteiger partial charge in [-0.1, -0.05) is 30.3 Å². The van der Waals surface area contributed by atoms with Gasteiger partial charge in [-0.15, -0.1) is 0 Å². The fourth-order valence-corrected chi connectivity index (χ4v) is 1.47. The highest BCUT2D eigenvalue weighted by molar-refractivity contribution is 6.01. The smallest absolute Gasteiger partial charge is 0.194 e. The Morgan fingerprint density at radius 1 is 1.43 bits per heavy atom. The van der Waals surface area contributed by atoms with Crippen molar-refractivity contribution in [3.63, 3.8) is 0 Å². The van der Waals surface area contributed by atoms with E-state index in [1.54, 1.807) is 19.1 Å². The fourth-order valence-electron chi connectivity index (χ4n) is 1.47. The summed E-state index contributed by atoms with van der Waals surface area (Å²) >= 11 is 0. The third-order valence-corrected chi connectivity index (χ3v) is 2.32. The average molecular weight is 192 g/mol. The van der Waals surface area contributed by atoms with E-state index in [2.05, 4.69) is 0 Å². The van der Waals surface area contributed by atoms with Crippen LogP contribution in [0.1, 0.15) is 17.3 Å². The third kappa shape index (κ3) is 1.69. The van der Waals surface area contributed by atoms with E-state index >= 15 is 0 Å². The second-order valence-corrected chi connectivity index (χ2v) is 3.49. The van der Waals surface area contributed by atoms with Gasteiger partial charge in [-0.05, 0) is 6.92 Å². The Balaban J connectivity index is 2.05. The van der Waals surface area contributed by atoms with Crippen LogP contribution in [0.2, 0.25) is 0 Å². The van der Waals surface area contributed by atoms with E-state index in [9.17, 15) is 9.90 Å². The third-order valence-electron chi connectivity index (χ3n) is 2.32. The van der Waals surface area contributed by atoms with E-state index in [4.69, 9.17) is 4.74 Å². The Kier molecular flexibility index (Phi) is 2.35. The molecule has 0 unspecified atom stereocenters. The topological polar surface area (TPSA) is 49.8 Å². The van der Waals surface area contributed by atoms with Crippen LogP contribution in [0.5, 0.6) is 0 Å². The zero-order valence-electron chi connectivity index (χ0n) is 7.88. The Hall–Kier alpha value is -1.19. The minimum Gasteiger partial charge on any atom is -0.391 e. The van der Waals surface area contributed by atoms with E-state index < -0.39 is 12.2 Å². The number of carbonyl (C=O) groups excluding carboxylic acids is 1. The second-order valence-electron chi connectivity index (χ2n) is 3.49. The van der Waals surface area contributed by atoms with Crippen molar-refractivity contribution in [2.75, 3.05) is 0 Å². The lowest BCUT2D eigenvalue weighted by molar-refractivity contribution is 0.0953. The highest BCUT2D eigenvalue weighted by Crippen LogP contribution is 2.28. The molecular formula is C11H12O3. The number of carbonyl (C=O) groups is 1. The maximum absolute atomic E-state index is 11.7. The number of benzene rings is 1. The van der Waals surface area contributed by atoms with Gasteiger partial charge in [-0.3, -0.25) is 4.79 Å². The van der Waals surface area contributed by atoms with Crippen molar-refractivity contribution in [1.29, 1.82) is 0 Å². The number of aliphatic hydroxyl groups is 1. The van der Waals surface area contributed by atoms with Gasteiger partial charge < -0.3 is 9.84 Å². The SMILES string of the molecule is C[C@H](O)[C@@H]1O[C@H]1C(=O)c1ccccc1. The predicted octanol–water partition coefficient (Wildman–Crippen LogP) is 1.02. The van der Waals surface area contributed by atoms with Crippen LogP contribution in [0.25, 0.3) is 0 Å². The summed E-state index contributed by atoms with van der Waals surface area (Å²) < 4.78 is 5.10. The first-order chi connectivity index (χ1) is 6.70. The van der Waals surface area contributed by atoms with Gasteiger partial charge >= 0.3 is 0 Å². The molecule has 3 nitrogen and oxygen atoms in total. The summed E-state index contributed by atoms with van der Waals surface area (Å²) in [4.78, 5) is 11.7. The van der Waals surface area contributed by atoms with Crippen LogP contribution in [0.4, 0.5) is 0 Å². The van der Waals surface area contributed by atoms with Crippen molar-refractivity contribution in [1.82, 2.24) is 0 Å². The summed E-state index contributed by atoms with van der Waals surface area (Å²) in [6, 6.07) is 8.99. The number of epoxide rings is 1. The summed E-state index contributed by atoms with van der Waals surface area (Å²) in [5, 5.41) is 9.18. The summed E-state index contributed by atoms with van der Waals surface area (Å²) in [7, 11) is 0. The number of rotatable bonds is 3. The molecule has 0 saturated carbocycles. The molecule has 0 aliphatic carbocycles. The van der Waals surface area contributed by atoms with Crippen molar-refractivity contribution in [2.24, 2.45) is 0 Å². The summed E-state index contributed by atoms with van der Waals surface area (Å²) in [6.45, 7) is 1.63. The fraction of sp³-hybridized carbons (Fsp3) is 0.364. The number of ketones is 1. The highest BCUT2D eigenvalue weighted by Gasteiger charge is 2.47. The number of Topliss-reactive ketones (excluding diaryl/α,β-unsaturated/α-hetero) is 1. The van der Waals surface area contributed by atoms with Crippen molar-refractivity contribution in [2.45, 2.75) is 25.2 Å². The normalized spacial score (nSPS) is 27.0. The van der Waals surface area contributed by atoms with Crippen molar-refractivity contribution in [3.05, 3.63) is 35.9 Å². The minimum atomic E-state index is -0.576. The van der Waals surface area contributed by atoms with E-state index in [-0.39, 0.29) is 11.9 Å². The molecule has 0 amide bonds. The van der Waals surface area contributed by atoms with E-state index in [0.29, 0.717) is 5.56 Å². The Morgan fingerprint density at radius 2 is 2.07 bits per heavy atom. The maximum Gasteiger partial charge on any atom is 0.194 e. The Labute approximate surface area is 82.3 Å². The standard InChI is InChI=1S/C11H12O3/c1-7(12)10-11(14-10)9(13)8-5-3-2-4-6-8/h2-7,10-12H,1H3/t7-,10-,11-/m0/s1. The van der Waals surface area contributed by atoms with Gasteiger partial charge in [0.1, 0.15) is 12.2 Å². The van der Waals surface area contributed by atoms with Crippen LogP contribution in [-0.4, -0.2) is 29.2 Å². The van der Waals surface area contributed by atoms with Gasteiger partial charge in [0.2, 0.25) is 0 Å². The number of hydrogen-bond acceptors (Lipinski definition) is 3. The summed E-state index contributed by atoms with van der Waals surface area (Å²) in [5.41, 5.74) is 0.639. The first-order valence-corrected chi connectivity index (χ1v) is 4.63. The van der Waals surface area contributed by atoms with E-state index in [1.165, 1.54) is 0 Å². The van der Waals surface area contributed by atoms with Crippen LogP contribution in [0, 0.1) is 0 Å². The number of hydrogen-bond donors (Lipinski definition) is 1. The molecule has 3 heteroatoms. The van der Waals surface area contributed by atoms with Gasteiger partial charge in [0.25, 0.3) is 0 Å².